The normalized spacial score (nSPS) is 11.1. The van der Waals surface area contributed by atoms with Crippen LogP contribution in [-0.2, 0) is 12.8 Å². The van der Waals surface area contributed by atoms with Gasteiger partial charge in [0.2, 0.25) is 0 Å². The summed E-state index contributed by atoms with van der Waals surface area (Å²) in [4.78, 5) is 7.78. The molecule has 0 amide bonds. The molecule has 2 aromatic rings. The van der Waals surface area contributed by atoms with E-state index in [-0.39, 0.29) is 0 Å². The van der Waals surface area contributed by atoms with Gasteiger partial charge in [0.15, 0.2) is 0 Å². The van der Waals surface area contributed by atoms with E-state index in [0.29, 0.717) is 27.0 Å². The van der Waals surface area contributed by atoms with E-state index in [1.807, 2.05) is 12.1 Å². The highest BCUT2D eigenvalue weighted by Crippen LogP contribution is 2.24. The highest BCUT2D eigenvalue weighted by atomic mass is 79.9. The number of hydrogen-bond acceptors (Lipinski definition) is 2. The summed E-state index contributed by atoms with van der Waals surface area (Å²) in [5.74, 6) is 1.34. The van der Waals surface area contributed by atoms with E-state index < -0.39 is 0 Å². The summed E-state index contributed by atoms with van der Waals surface area (Å²) in [5, 5.41) is 1.26. The van der Waals surface area contributed by atoms with Gasteiger partial charge in [-0.3, -0.25) is 0 Å². The van der Waals surface area contributed by atoms with E-state index in [2.05, 4.69) is 39.7 Å². The van der Waals surface area contributed by atoms with Crippen LogP contribution in [0.1, 0.15) is 30.9 Å². The van der Waals surface area contributed by atoms with Crippen molar-refractivity contribution in [1.29, 1.82) is 0 Å². The van der Waals surface area contributed by atoms with E-state index in [0.717, 1.165) is 28.0 Å². The van der Waals surface area contributed by atoms with Crippen molar-refractivity contribution in [2.75, 3.05) is 0 Å². The highest BCUT2D eigenvalue weighted by molar-refractivity contribution is 9.10. The Hall–Kier alpha value is -0.420. The Balaban J connectivity index is 2.36. The number of H-pyrrole nitrogens is 1. The Morgan fingerprint density at radius 1 is 1.33 bits per heavy atom. The first-order valence-corrected chi connectivity index (χ1v) is 8.54. The van der Waals surface area contributed by atoms with Gasteiger partial charge in [-0.15, -0.1) is 0 Å². The third-order valence-corrected chi connectivity index (χ3v) is 4.97. The molecule has 21 heavy (non-hydrogen) atoms. The summed E-state index contributed by atoms with van der Waals surface area (Å²) in [7, 11) is 0. The summed E-state index contributed by atoms with van der Waals surface area (Å²) < 4.78 is 1.45. The Bertz CT molecular complexity index is 713. The zero-order chi connectivity index (χ0) is 15.6. The summed E-state index contributed by atoms with van der Waals surface area (Å²) in [6.45, 7) is 4.33. The van der Waals surface area contributed by atoms with Gasteiger partial charge in [-0.25, -0.2) is 4.98 Å². The molecule has 0 aliphatic rings. The van der Waals surface area contributed by atoms with Crippen LogP contribution in [0.3, 0.4) is 0 Å². The third kappa shape index (κ3) is 4.52. The van der Waals surface area contributed by atoms with Crippen molar-refractivity contribution in [3.05, 3.63) is 54.4 Å². The van der Waals surface area contributed by atoms with Crippen LogP contribution < -0.4 is 0 Å². The summed E-state index contributed by atoms with van der Waals surface area (Å²) >= 11 is 21.0. The number of aromatic amines is 1. The first-order valence-electron chi connectivity index (χ1n) is 6.58. The molecule has 0 radical (unpaired) electrons. The number of aromatic nitrogens is 2. The zero-order valence-corrected chi connectivity index (χ0v) is 15.6. The maximum atomic E-state index is 6.21. The van der Waals surface area contributed by atoms with Crippen molar-refractivity contribution < 1.29 is 0 Å². The molecule has 2 rings (SSSR count). The molecule has 1 aromatic carbocycles. The van der Waals surface area contributed by atoms with E-state index in [1.54, 1.807) is 6.07 Å². The van der Waals surface area contributed by atoms with Crippen LogP contribution in [0, 0.1) is 10.6 Å². The van der Waals surface area contributed by atoms with Crippen LogP contribution >= 0.6 is 51.3 Å². The van der Waals surface area contributed by atoms with Crippen LogP contribution in [0.5, 0.6) is 0 Å². The van der Waals surface area contributed by atoms with Crippen LogP contribution in [0.4, 0.5) is 0 Å². The molecule has 1 N–H and O–H groups in total. The maximum Gasteiger partial charge on any atom is 0.144 e. The van der Waals surface area contributed by atoms with Crippen LogP contribution in [0.2, 0.25) is 10.0 Å². The minimum absolute atomic E-state index is 0.529. The summed E-state index contributed by atoms with van der Waals surface area (Å²) in [6, 6.07) is 5.47. The molecule has 2 nitrogen and oxygen atoms in total. The lowest BCUT2D eigenvalue weighted by Crippen LogP contribution is -2.05. The molecular formula is C15H15BrCl2N2S. The van der Waals surface area contributed by atoms with E-state index >= 15 is 0 Å². The van der Waals surface area contributed by atoms with Gasteiger partial charge in [0, 0.05) is 22.2 Å². The molecule has 1 heterocycles. The Morgan fingerprint density at radius 2 is 2.05 bits per heavy atom. The van der Waals surface area contributed by atoms with Crippen molar-refractivity contribution in [2.45, 2.75) is 26.7 Å². The monoisotopic (exact) mass is 404 g/mol. The SMILES string of the molecule is CC(C)Cc1[nH]c(Cc2ccc(Cl)cc2Cl)nc(=S)c1Br. The second-order valence-corrected chi connectivity index (χ2v) is 7.31. The van der Waals surface area contributed by atoms with Crippen LogP contribution in [0.25, 0.3) is 0 Å². The number of nitrogens with one attached hydrogen (secondary N) is 1. The van der Waals surface area contributed by atoms with Gasteiger partial charge in [-0.1, -0.05) is 55.3 Å². The Labute approximate surface area is 148 Å². The molecule has 6 heteroatoms. The number of hydrogen-bond donors (Lipinski definition) is 1. The largest absolute Gasteiger partial charge is 0.346 e. The van der Waals surface area contributed by atoms with Crippen LogP contribution in [-0.4, -0.2) is 9.97 Å². The number of rotatable bonds is 4. The van der Waals surface area contributed by atoms with Crippen molar-refractivity contribution in [1.82, 2.24) is 9.97 Å². The number of halogens is 3. The standard InChI is InChI=1S/C15H15BrCl2N2S/c1-8(2)5-12-14(16)15(21)20-13(19-12)6-9-3-4-10(17)7-11(9)18/h3-4,7-8H,5-6H2,1-2H3,(H,19,20,21). The van der Waals surface area contributed by atoms with E-state index in [9.17, 15) is 0 Å². The molecule has 1 aromatic heterocycles. The smallest absolute Gasteiger partial charge is 0.144 e. The first kappa shape index (κ1) is 16.9. The Kier molecular flexibility index (Phi) is 5.83. The minimum Gasteiger partial charge on any atom is -0.346 e. The number of benzene rings is 1. The van der Waals surface area contributed by atoms with Crippen molar-refractivity contribution in [3.8, 4) is 0 Å². The summed E-state index contributed by atoms with van der Waals surface area (Å²) in [6.07, 6.45) is 1.51. The van der Waals surface area contributed by atoms with E-state index in [4.69, 9.17) is 35.4 Å². The molecule has 112 valence electrons. The molecule has 0 unspecified atom stereocenters. The average Bonchev–Trinajstić information content (AvgIpc) is 2.38. The van der Waals surface area contributed by atoms with Crippen molar-refractivity contribution in [3.63, 3.8) is 0 Å². The fourth-order valence-electron chi connectivity index (χ4n) is 2.04. The fraction of sp³-hybridized carbons (Fsp3) is 0.333. The Morgan fingerprint density at radius 3 is 2.67 bits per heavy atom. The van der Waals surface area contributed by atoms with Gasteiger partial charge in [-0.05, 0) is 46.0 Å². The second-order valence-electron chi connectivity index (χ2n) is 5.29. The molecule has 0 spiro atoms. The van der Waals surface area contributed by atoms with Gasteiger partial charge in [0.25, 0.3) is 0 Å². The van der Waals surface area contributed by atoms with Gasteiger partial charge in [0.1, 0.15) is 10.5 Å². The molecular weight excluding hydrogens is 391 g/mol. The lowest BCUT2D eigenvalue weighted by Gasteiger charge is -2.11. The fourth-order valence-corrected chi connectivity index (χ4v) is 3.09. The van der Waals surface area contributed by atoms with Gasteiger partial charge >= 0.3 is 0 Å². The second kappa shape index (κ2) is 7.23. The third-order valence-electron chi connectivity index (χ3n) is 2.97. The molecule has 0 aliphatic heterocycles. The van der Waals surface area contributed by atoms with Gasteiger partial charge in [0.05, 0.1) is 4.47 Å². The predicted octanol–water partition coefficient (Wildman–Crippen LogP) is 6.00. The van der Waals surface area contributed by atoms with Gasteiger partial charge < -0.3 is 4.98 Å². The summed E-state index contributed by atoms with van der Waals surface area (Å²) in [5.41, 5.74) is 2.04. The molecule has 0 aliphatic carbocycles. The quantitative estimate of drug-likeness (QED) is 0.632. The zero-order valence-electron chi connectivity index (χ0n) is 11.7. The van der Waals surface area contributed by atoms with E-state index in [1.165, 1.54) is 0 Å². The molecule has 0 saturated heterocycles. The molecule has 0 atom stereocenters. The van der Waals surface area contributed by atoms with Crippen molar-refractivity contribution >= 4 is 51.3 Å². The molecule has 0 fully saturated rings. The minimum atomic E-state index is 0.529. The van der Waals surface area contributed by atoms with Crippen LogP contribution in [0.15, 0.2) is 22.7 Å². The predicted molar refractivity (Wildman–Crippen MR) is 94.9 cm³/mol. The topological polar surface area (TPSA) is 28.7 Å². The van der Waals surface area contributed by atoms with Crippen molar-refractivity contribution in [2.24, 2.45) is 5.92 Å². The highest BCUT2D eigenvalue weighted by Gasteiger charge is 2.10. The lowest BCUT2D eigenvalue weighted by atomic mass is 10.1. The number of nitrogens with zero attached hydrogens (tertiary/aromatic N) is 1. The maximum absolute atomic E-state index is 6.21. The first-order chi connectivity index (χ1) is 9.86. The molecule has 0 bridgehead atoms. The average molecular weight is 406 g/mol. The molecule has 0 saturated carbocycles. The van der Waals surface area contributed by atoms with Gasteiger partial charge in [-0.2, -0.15) is 0 Å². The lowest BCUT2D eigenvalue weighted by molar-refractivity contribution is 0.628.